The first-order valence-corrected chi connectivity index (χ1v) is 21.3. The number of carbonyl (C=O) groups excluding carboxylic acids is 1. The van der Waals surface area contributed by atoms with Gasteiger partial charge < -0.3 is 33.7 Å². The van der Waals surface area contributed by atoms with Gasteiger partial charge in [0.15, 0.2) is 34.3 Å². The lowest BCUT2D eigenvalue weighted by Gasteiger charge is -2.36. The van der Waals surface area contributed by atoms with E-state index in [0.717, 1.165) is 0 Å². The molecule has 2 fully saturated rings. The van der Waals surface area contributed by atoms with Crippen molar-refractivity contribution < 1.29 is 27.1 Å². The number of halogens is 4. The summed E-state index contributed by atoms with van der Waals surface area (Å²) in [5, 5.41) is 3.72. The van der Waals surface area contributed by atoms with Crippen molar-refractivity contribution in [3.8, 4) is 22.3 Å². The number of benzene rings is 2. The fourth-order valence-corrected chi connectivity index (χ4v) is 8.40. The zero-order valence-corrected chi connectivity index (χ0v) is 36.4. The molecule has 0 saturated carbocycles. The Morgan fingerprint density at radius 2 is 1.09 bits per heavy atom. The molecule has 65 heavy (non-hydrogen) atoms. The number of pyridine rings is 2. The minimum Gasteiger partial charge on any atom is -0.444 e. The summed E-state index contributed by atoms with van der Waals surface area (Å²) in [6.07, 6.45) is 6.99. The fraction of sp³-hybridized carbons (Fsp3) is 0.340. The van der Waals surface area contributed by atoms with Crippen molar-refractivity contribution in [1.82, 2.24) is 48.9 Å². The maximum Gasteiger partial charge on any atom is 0.410 e. The van der Waals surface area contributed by atoms with Gasteiger partial charge in [-0.2, -0.15) is 0 Å². The predicted molar refractivity (Wildman–Crippen MR) is 237 cm³/mol. The van der Waals surface area contributed by atoms with Gasteiger partial charge in [-0.3, -0.25) is 9.59 Å². The van der Waals surface area contributed by atoms with Crippen molar-refractivity contribution >= 4 is 39.2 Å². The number of piperidine rings is 2. The third-order valence-electron chi connectivity index (χ3n) is 11.8. The van der Waals surface area contributed by atoms with Crippen molar-refractivity contribution in [3.05, 3.63) is 129 Å². The molecule has 0 atom stereocenters. The van der Waals surface area contributed by atoms with Gasteiger partial charge in [-0.05, 0) is 95.2 Å². The van der Waals surface area contributed by atoms with Crippen molar-refractivity contribution in [1.29, 1.82) is 0 Å². The number of likely N-dealkylation sites (tertiary alicyclic amines) is 1. The van der Waals surface area contributed by atoms with Gasteiger partial charge in [-0.1, -0.05) is 12.1 Å². The summed E-state index contributed by atoms with van der Waals surface area (Å²) in [6, 6.07) is 12.8. The Hall–Kier alpha value is -6.95. The maximum absolute atomic E-state index is 15.9. The van der Waals surface area contributed by atoms with E-state index in [2.05, 4.69) is 35.2 Å². The second kappa shape index (κ2) is 16.2. The molecule has 14 nitrogen and oxygen atoms in total. The molecule has 336 valence electrons. The number of H-pyrrole nitrogens is 2. The molecule has 2 aliphatic rings. The number of imidazole rings is 2. The number of aromatic amines is 2. The topological polar surface area (TPSA) is 168 Å². The minimum absolute atomic E-state index is 0.0115. The van der Waals surface area contributed by atoms with E-state index in [-0.39, 0.29) is 67.1 Å². The molecule has 8 heterocycles. The molecule has 0 aliphatic carbocycles. The lowest BCUT2D eigenvalue weighted by Crippen LogP contribution is -2.46. The summed E-state index contributed by atoms with van der Waals surface area (Å²) in [5.74, 6) is -0.896. The lowest BCUT2D eigenvalue weighted by atomic mass is 9.92. The third kappa shape index (κ3) is 8.57. The van der Waals surface area contributed by atoms with Crippen LogP contribution in [0.1, 0.15) is 69.5 Å². The Balaban J connectivity index is 0.000000168. The van der Waals surface area contributed by atoms with E-state index >= 15 is 8.78 Å². The summed E-state index contributed by atoms with van der Waals surface area (Å²) in [5.41, 5.74) is 0.0787. The van der Waals surface area contributed by atoms with Gasteiger partial charge in [0.2, 0.25) is 0 Å². The van der Waals surface area contributed by atoms with Gasteiger partial charge in [0.1, 0.15) is 17.2 Å². The molecule has 1 amide bonds. The Bertz CT molecular complexity index is 3280. The van der Waals surface area contributed by atoms with Crippen molar-refractivity contribution in [3.63, 3.8) is 0 Å². The Kier molecular flexibility index (Phi) is 10.8. The quantitative estimate of drug-likeness (QED) is 0.148. The Morgan fingerprint density at radius 3 is 1.54 bits per heavy atom. The summed E-state index contributed by atoms with van der Waals surface area (Å²) in [4.78, 5) is 61.7. The second-order valence-electron chi connectivity index (χ2n) is 17.8. The molecule has 0 radical (unpaired) electrons. The van der Waals surface area contributed by atoms with Crippen LogP contribution in [0.4, 0.5) is 22.4 Å². The van der Waals surface area contributed by atoms with Crippen LogP contribution in [0.25, 0.3) is 55.4 Å². The standard InChI is InChI=1S/C26H27F2N5O3.C21H19F2N5O/c1-15-13-33-14-17(12-19(27)21(33)29-15)16-5-6-20-18(11-16)22(34)31-23(30-20)26(28)7-9-32(10-8-26)24(35)36-25(2,3)4;1-12-10-28-11-14(9-16(22)18(28)25-12)13-2-3-17-15(8-13)19(29)27-20(26-17)21(23)4-6-24-7-5-21/h5-6,11-14H,7-10H2,1-4H3,(H,30,31,34);2-3,8-11,24H,4-7H2,1H3,(H,26,27,29). The Labute approximate surface area is 368 Å². The van der Waals surface area contributed by atoms with Crippen LogP contribution in [0.5, 0.6) is 0 Å². The molecule has 8 aromatic rings. The highest BCUT2D eigenvalue weighted by Gasteiger charge is 2.41. The number of carbonyl (C=O) groups is 1. The Morgan fingerprint density at radius 1 is 0.646 bits per heavy atom. The van der Waals surface area contributed by atoms with E-state index in [1.807, 2.05) is 0 Å². The number of nitrogens with zero attached hydrogens (tertiary/aromatic N) is 7. The van der Waals surface area contributed by atoms with Crippen LogP contribution in [0.3, 0.4) is 0 Å². The van der Waals surface area contributed by atoms with E-state index in [9.17, 15) is 23.2 Å². The highest BCUT2D eigenvalue weighted by Crippen LogP contribution is 2.37. The van der Waals surface area contributed by atoms with Gasteiger partial charge in [-0.25, -0.2) is 42.3 Å². The highest BCUT2D eigenvalue weighted by atomic mass is 19.2. The number of fused-ring (bicyclic) bond motifs is 4. The van der Waals surface area contributed by atoms with Crippen LogP contribution in [0.2, 0.25) is 0 Å². The first kappa shape index (κ1) is 43.3. The van der Waals surface area contributed by atoms with Crippen LogP contribution in [-0.4, -0.2) is 81.5 Å². The predicted octanol–water partition coefficient (Wildman–Crippen LogP) is 8.11. The smallest absolute Gasteiger partial charge is 0.410 e. The molecule has 2 saturated heterocycles. The first-order valence-electron chi connectivity index (χ1n) is 21.3. The number of hydrogen-bond acceptors (Lipinski definition) is 9. The molecule has 3 N–H and O–H groups in total. The molecular weight excluding hydrogens is 845 g/mol. The zero-order valence-electron chi connectivity index (χ0n) is 36.4. The number of aromatic nitrogens is 8. The number of hydrogen-bond donors (Lipinski definition) is 3. The highest BCUT2D eigenvalue weighted by molar-refractivity contribution is 5.85. The maximum atomic E-state index is 15.9. The summed E-state index contributed by atoms with van der Waals surface area (Å²) in [6.45, 7) is 10.3. The molecule has 0 unspecified atom stereocenters. The molecule has 0 bridgehead atoms. The SMILES string of the molecule is Cc1cn2cc(-c3ccc4nc(C5(F)CCN(C(=O)OC(C)(C)C)CC5)[nH]c(=O)c4c3)cc(F)c2n1.Cc1cn2cc(-c3ccc4nc(C5(F)CCNCC5)[nH]c(=O)c4c3)cc(F)c2n1. The van der Waals surface area contributed by atoms with Crippen LogP contribution < -0.4 is 16.4 Å². The summed E-state index contributed by atoms with van der Waals surface area (Å²) < 4.78 is 68.7. The van der Waals surface area contributed by atoms with E-state index in [4.69, 9.17) is 4.74 Å². The number of aryl methyl sites for hydroxylation is 2. The van der Waals surface area contributed by atoms with E-state index in [0.29, 0.717) is 63.2 Å². The van der Waals surface area contributed by atoms with Crippen LogP contribution >= 0.6 is 0 Å². The normalized spacial score (nSPS) is 16.2. The molecular formula is C47H46F4N10O4. The van der Waals surface area contributed by atoms with Crippen LogP contribution in [0.15, 0.2) is 82.9 Å². The van der Waals surface area contributed by atoms with Crippen molar-refractivity contribution in [2.45, 2.75) is 77.2 Å². The summed E-state index contributed by atoms with van der Waals surface area (Å²) in [7, 11) is 0. The lowest BCUT2D eigenvalue weighted by molar-refractivity contribution is 0.000189. The minimum atomic E-state index is -1.88. The monoisotopic (exact) mass is 890 g/mol. The molecule has 10 rings (SSSR count). The molecule has 2 aromatic carbocycles. The zero-order chi connectivity index (χ0) is 46.0. The number of nitrogens with one attached hydrogen (secondary N) is 3. The van der Waals surface area contributed by atoms with Crippen molar-refractivity contribution in [2.75, 3.05) is 26.2 Å². The van der Waals surface area contributed by atoms with Gasteiger partial charge in [-0.15, -0.1) is 0 Å². The second-order valence-corrected chi connectivity index (χ2v) is 17.8. The van der Waals surface area contributed by atoms with Crippen molar-refractivity contribution in [2.24, 2.45) is 0 Å². The number of alkyl halides is 2. The number of ether oxygens (including phenoxy) is 1. The average Bonchev–Trinajstić information content (AvgIpc) is 3.85. The first-order chi connectivity index (χ1) is 30.8. The van der Waals surface area contributed by atoms with E-state index in [1.165, 1.54) is 17.0 Å². The van der Waals surface area contributed by atoms with E-state index < -0.39 is 45.8 Å². The van der Waals surface area contributed by atoms with Gasteiger partial charge in [0.05, 0.1) is 33.2 Å². The average molecular weight is 891 g/mol. The number of rotatable bonds is 4. The molecule has 18 heteroatoms. The van der Waals surface area contributed by atoms with Crippen LogP contribution in [-0.2, 0) is 16.1 Å². The fourth-order valence-electron chi connectivity index (χ4n) is 8.40. The largest absolute Gasteiger partial charge is 0.444 e. The van der Waals surface area contributed by atoms with Gasteiger partial charge >= 0.3 is 6.09 Å². The van der Waals surface area contributed by atoms with E-state index in [1.54, 1.807) is 105 Å². The molecule has 2 aliphatic heterocycles. The van der Waals surface area contributed by atoms with Gasteiger partial charge in [0, 0.05) is 74.7 Å². The van der Waals surface area contributed by atoms with Gasteiger partial charge in [0.25, 0.3) is 11.1 Å². The number of amides is 1. The third-order valence-corrected chi connectivity index (χ3v) is 11.8. The molecule has 0 spiro atoms. The molecule has 6 aromatic heterocycles. The van der Waals surface area contributed by atoms with Crippen LogP contribution in [0, 0.1) is 25.5 Å². The summed E-state index contributed by atoms with van der Waals surface area (Å²) >= 11 is 0.